The molecule has 1 atom stereocenters. The molecule has 4 rings (SSSR count). The molecule has 2 N–H and O–H groups in total. The maximum atomic E-state index is 12.1. The topological polar surface area (TPSA) is 124 Å². The predicted molar refractivity (Wildman–Crippen MR) is 120 cm³/mol. The van der Waals surface area contributed by atoms with Gasteiger partial charge in [-0.25, -0.2) is 9.59 Å². The molecule has 1 amide bonds. The summed E-state index contributed by atoms with van der Waals surface area (Å²) in [6.07, 6.45) is -3.01. The van der Waals surface area contributed by atoms with Gasteiger partial charge >= 0.3 is 24.3 Å². The second-order valence-corrected chi connectivity index (χ2v) is 8.39. The van der Waals surface area contributed by atoms with Gasteiger partial charge in [0, 0.05) is 51.2 Å². The van der Waals surface area contributed by atoms with Crippen LogP contribution in [0.3, 0.4) is 0 Å². The van der Waals surface area contributed by atoms with Gasteiger partial charge in [0.2, 0.25) is 5.91 Å². The van der Waals surface area contributed by atoms with Gasteiger partial charge in [-0.1, -0.05) is 13.0 Å². The van der Waals surface area contributed by atoms with E-state index in [2.05, 4.69) is 22.0 Å². The number of carboxylic acids is 2. The lowest BCUT2D eigenvalue weighted by atomic mass is 9.85. The third-order valence-corrected chi connectivity index (χ3v) is 5.71. The lowest BCUT2D eigenvalue weighted by molar-refractivity contribution is -0.193. The van der Waals surface area contributed by atoms with Crippen LogP contribution in [0.5, 0.6) is 0 Å². The minimum atomic E-state index is -5.08. The molecule has 38 heavy (non-hydrogen) atoms. The maximum Gasteiger partial charge on any atom is 0.490 e. The SMILES string of the molecule is CCC(=O)N1CCC2(C1)CN(Cc1cccnc1)c1cccnc12.O=C(O)C(F)(F)F.O=C(O)C(F)(F)F. The number of hydrogen-bond acceptors (Lipinski definition) is 6. The lowest BCUT2D eigenvalue weighted by Crippen LogP contribution is -2.38. The van der Waals surface area contributed by atoms with Crippen molar-refractivity contribution in [2.45, 2.75) is 44.1 Å². The molecule has 15 heteroatoms. The Balaban J connectivity index is 0.000000301. The Bertz CT molecular complexity index is 1110. The Morgan fingerprint density at radius 3 is 2.05 bits per heavy atom. The minimum Gasteiger partial charge on any atom is -0.475 e. The molecule has 2 aliphatic rings. The van der Waals surface area contributed by atoms with E-state index in [1.165, 1.54) is 11.3 Å². The zero-order valence-corrected chi connectivity index (χ0v) is 20.0. The molecule has 1 spiro atoms. The van der Waals surface area contributed by atoms with Crippen LogP contribution < -0.4 is 4.90 Å². The van der Waals surface area contributed by atoms with Gasteiger partial charge in [-0.3, -0.25) is 14.8 Å². The number of likely N-dealkylation sites (tertiary alicyclic amines) is 1. The number of fused-ring (bicyclic) bond motifs is 2. The van der Waals surface area contributed by atoms with Crippen LogP contribution in [0.15, 0.2) is 42.9 Å². The molecular formula is C23H24F6N4O5. The highest BCUT2D eigenvalue weighted by molar-refractivity contribution is 5.77. The first-order valence-electron chi connectivity index (χ1n) is 11.1. The monoisotopic (exact) mass is 550 g/mol. The fraction of sp³-hybridized carbons (Fsp3) is 0.435. The largest absolute Gasteiger partial charge is 0.490 e. The van der Waals surface area contributed by atoms with Gasteiger partial charge in [-0.05, 0) is 30.2 Å². The Labute approximate surface area is 212 Å². The number of halogens is 6. The summed E-state index contributed by atoms with van der Waals surface area (Å²) in [4.78, 5) is 43.2. The van der Waals surface area contributed by atoms with Crippen molar-refractivity contribution in [2.75, 3.05) is 24.5 Å². The molecule has 2 aromatic heterocycles. The van der Waals surface area contributed by atoms with Crippen molar-refractivity contribution in [3.05, 3.63) is 54.1 Å². The van der Waals surface area contributed by atoms with Crippen LogP contribution in [0, 0.1) is 0 Å². The smallest absolute Gasteiger partial charge is 0.475 e. The molecule has 9 nitrogen and oxygen atoms in total. The van der Waals surface area contributed by atoms with Crippen LogP contribution in [-0.2, 0) is 26.3 Å². The van der Waals surface area contributed by atoms with Crippen molar-refractivity contribution in [3.63, 3.8) is 0 Å². The summed E-state index contributed by atoms with van der Waals surface area (Å²) in [6, 6.07) is 8.23. The normalized spacial score (nSPS) is 18.2. The summed E-state index contributed by atoms with van der Waals surface area (Å²) in [5, 5.41) is 14.2. The zero-order chi connectivity index (χ0) is 28.7. The maximum absolute atomic E-state index is 12.1. The molecule has 0 aliphatic carbocycles. The summed E-state index contributed by atoms with van der Waals surface area (Å²) in [6.45, 7) is 5.30. The van der Waals surface area contributed by atoms with E-state index in [9.17, 15) is 31.1 Å². The Morgan fingerprint density at radius 2 is 1.55 bits per heavy atom. The van der Waals surface area contributed by atoms with E-state index in [1.54, 1.807) is 6.20 Å². The Hall–Kier alpha value is -3.91. The van der Waals surface area contributed by atoms with Gasteiger partial charge in [-0.2, -0.15) is 26.3 Å². The second-order valence-electron chi connectivity index (χ2n) is 8.39. The van der Waals surface area contributed by atoms with Crippen LogP contribution in [0.1, 0.15) is 31.0 Å². The zero-order valence-electron chi connectivity index (χ0n) is 20.0. The first-order valence-corrected chi connectivity index (χ1v) is 11.1. The third kappa shape index (κ3) is 7.79. The number of alkyl halides is 6. The lowest BCUT2D eigenvalue weighted by Gasteiger charge is -2.25. The number of aliphatic carboxylic acids is 2. The van der Waals surface area contributed by atoms with Gasteiger partial charge in [-0.15, -0.1) is 0 Å². The van der Waals surface area contributed by atoms with Crippen molar-refractivity contribution in [3.8, 4) is 0 Å². The first-order chi connectivity index (χ1) is 17.6. The summed E-state index contributed by atoms with van der Waals surface area (Å²) < 4.78 is 63.5. The fourth-order valence-electron chi connectivity index (χ4n) is 4.07. The second kappa shape index (κ2) is 12.1. The number of aromatic nitrogens is 2. The number of anilines is 1. The van der Waals surface area contributed by atoms with Crippen LogP contribution in [0.2, 0.25) is 0 Å². The van der Waals surface area contributed by atoms with Gasteiger partial charge in [0.05, 0.1) is 16.8 Å². The van der Waals surface area contributed by atoms with Gasteiger partial charge in [0.15, 0.2) is 0 Å². The van der Waals surface area contributed by atoms with Gasteiger partial charge in [0.25, 0.3) is 0 Å². The summed E-state index contributed by atoms with van der Waals surface area (Å²) >= 11 is 0. The molecule has 1 saturated heterocycles. The number of carbonyl (C=O) groups is 3. The number of carboxylic acid groups (broad SMARTS) is 2. The van der Waals surface area contributed by atoms with Crippen LogP contribution in [0.4, 0.5) is 32.0 Å². The first kappa shape index (κ1) is 30.3. The average molecular weight is 550 g/mol. The Morgan fingerprint density at radius 1 is 0.974 bits per heavy atom. The standard InChI is InChI=1S/C19H22N4O.2C2HF3O2/c1-2-17(24)22-10-7-19(13-22)14-23(12-15-5-3-8-20-11-15)16-6-4-9-21-18(16)19;2*3-2(4,5)1(6)7/h3-6,8-9,11H,2,7,10,12-14H2,1H3;2*(H,6,7). The highest BCUT2D eigenvalue weighted by Crippen LogP contribution is 2.45. The van der Waals surface area contributed by atoms with E-state index < -0.39 is 24.3 Å². The van der Waals surface area contributed by atoms with Crippen molar-refractivity contribution >= 4 is 23.5 Å². The molecule has 2 aliphatic heterocycles. The molecule has 1 unspecified atom stereocenters. The molecule has 0 aromatic carbocycles. The van der Waals surface area contributed by atoms with Crippen molar-refractivity contribution < 1.29 is 50.9 Å². The van der Waals surface area contributed by atoms with Crippen LogP contribution >= 0.6 is 0 Å². The molecule has 2 aromatic rings. The summed E-state index contributed by atoms with van der Waals surface area (Å²) in [7, 11) is 0. The molecule has 0 bridgehead atoms. The molecule has 1 fully saturated rings. The van der Waals surface area contributed by atoms with Crippen LogP contribution in [0.25, 0.3) is 0 Å². The molecule has 0 saturated carbocycles. The van der Waals surface area contributed by atoms with E-state index in [0.717, 1.165) is 38.3 Å². The highest BCUT2D eigenvalue weighted by Gasteiger charge is 2.49. The molecule has 208 valence electrons. The highest BCUT2D eigenvalue weighted by atomic mass is 19.4. The van der Waals surface area contributed by atoms with Crippen molar-refractivity contribution in [1.82, 2.24) is 14.9 Å². The minimum absolute atomic E-state index is 0.0242. The van der Waals surface area contributed by atoms with E-state index in [1.807, 2.05) is 36.4 Å². The molecule has 0 radical (unpaired) electrons. The third-order valence-electron chi connectivity index (χ3n) is 5.71. The van der Waals surface area contributed by atoms with Crippen molar-refractivity contribution in [2.24, 2.45) is 0 Å². The molecule has 4 heterocycles. The Kier molecular flexibility index (Phi) is 9.64. The number of amides is 1. The van der Waals surface area contributed by atoms with E-state index in [0.29, 0.717) is 6.42 Å². The van der Waals surface area contributed by atoms with Gasteiger partial charge < -0.3 is 20.0 Å². The summed E-state index contributed by atoms with van der Waals surface area (Å²) in [5.41, 5.74) is 3.53. The number of nitrogens with zero attached hydrogens (tertiary/aromatic N) is 4. The van der Waals surface area contributed by atoms with Crippen LogP contribution in [-0.4, -0.2) is 74.9 Å². The van der Waals surface area contributed by atoms with E-state index in [-0.39, 0.29) is 11.3 Å². The van der Waals surface area contributed by atoms with Crippen molar-refractivity contribution in [1.29, 1.82) is 0 Å². The fourth-order valence-corrected chi connectivity index (χ4v) is 4.07. The number of pyridine rings is 2. The number of carbonyl (C=O) groups excluding carboxylic acids is 1. The molecular weight excluding hydrogens is 526 g/mol. The average Bonchev–Trinajstić information content (AvgIpc) is 3.41. The predicted octanol–water partition coefficient (Wildman–Crippen LogP) is 3.64. The van der Waals surface area contributed by atoms with E-state index >= 15 is 0 Å². The quantitative estimate of drug-likeness (QED) is 0.556. The number of hydrogen-bond donors (Lipinski definition) is 2. The van der Waals surface area contributed by atoms with Gasteiger partial charge in [0.1, 0.15) is 0 Å². The number of rotatable bonds is 3. The van der Waals surface area contributed by atoms with E-state index in [4.69, 9.17) is 24.8 Å². The summed E-state index contributed by atoms with van der Waals surface area (Å²) in [5.74, 6) is -5.27.